The van der Waals surface area contributed by atoms with E-state index in [2.05, 4.69) is 21.2 Å². The third kappa shape index (κ3) is 3.54. The summed E-state index contributed by atoms with van der Waals surface area (Å²) in [6, 6.07) is 11.2. The maximum absolute atomic E-state index is 13.5. The van der Waals surface area contributed by atoms with Gasteiger partial charge in [0.2, 0.25) is 0 Å². The topological polar surface area (TPSA) is 55.1 Å². The smallest absolute Gasteiger partial charge is 0.251 e. The van der Waals surface area contributed by atoms with Crippen LogP contribution in [0.1, 0.15) is 15.9 Å². The summed E-state index contributed by atoms with van der Waals surface area (Å²) in [7, 11) is 0. The molecule has 19 heavy (non-hydrogen) atoms. The quantitative estimate of drug-likeness (QED) is 0.853. The first-order valence-electron chi connectivity index (χ1n) is 5.64. The van der Waals surface area contributed by atoms with Crippen LogP contribution >= 0.6 is 15.9 Å². The van der Waals surface area contributed by atoms with Crippen molar-refractivity contribution in [2.45, 2.75) is 6.54 Å². The van der Waals surface area contributed by atoms with Crippen LogP contribution < -0.4 is 11.1 Å². The Labute approximate surface area is 118 Å². The minimum absolute atomic E-state index is 0.133. The summed E-state index contributed by atoms with van der Waals surface area (Å²) in [5.74, 6) is -0.611. The van der Waals surface area contributed by atoms with Crippen LogP contribution in [0.25, 0.3) is 0 Å². The molecule has 0 aliphatic rings. The van der Waals surface area contributed by atoms with Crippen LogP contribution in [0, 0.1) is 5.82 Å². The predicted octanol–water partition coefficient (Wildman–Crippen LogP) is 3.10. The molecule has 2 rings (SSSR count). The Kier molecular flexibility index (Phi) is 4.16. The molecule has 5 heteroatoms. The molecule has 98 valence electrons. The fourth-order valence-electron chi connectivity index (χ4n) is 1.59. The van der Waals surface area contributed by atoms with Crippen molar-refractivity contribution in [2.75, 3.05) is 5.73 Å². The van der Waals surface area contributed by atoms with E-state index in [-0.39, 0.29) is 18.3 Å². The van der Waals surface area contributed by atoms with Gasteiger partial charge in [-0.1, -0.05) is 15.9 Å². The van der Waals surface area contributed by atoms with E-state index in [9.17, 15) is 9.18 Å². The van der Waals surface area contributed by atoms with E-state index >= 15 is 0 Å². The SMILES string of the molecule is Nc1ccc(C(=O)NCc2cc(Br)ccc2F)cc1. The molecule has 0 aliphatic heterocycles. The highest BCUT2D eigenvalue weighted by Gasteiger charge is 2.07. The van der Waals surface area contributed by atoms with Crippen LogP contribution in [-0.2, 0) is 6.54 Å². The Balaban J connectivity index is 2.04. The summed E-state index contributed by atoms with van der Waals surface area (Å²) >= 11 is 3.26. The molecule has 0 atom stereocenters. The van der Waals surface area contributed by atoms with Crippen molar-refractivity contribution in [1.29, 1.82) is 0 Å². The number of hydrogen-bond donors (Lipinski definition) is 2. The zero-order valence-corrected chi connectivity index (χ0v) is 11.6. The number of hydrogen-bond acceptors (Lipinski definition) is 2. The Hall–Kier alpha value is -1.88. The summed E-state index contributed by atoms with van der Waals surface area (Å²) in [6.45, 7) is 0.133. The van der Waals surface area contributed by atoms with E-state index in [0.717, 1.165) is 4.47 Å². The van der Waals surface area contributed by atoms with Crippen molar-refractivity contribution < 1.29 is 9.18 Å². The molecule has 0 bridgehead atoms. The van der Waals surface area contributed by atoms with Crippen molar-refractivity contribution in [3.8, 4) is 0 Å². The van der Waals surface area contributed by atoms with E-state index in [4.69, 9.17) is 5.73 Å². The van der Waals surface area contributed by atoms with Gasteiger partial charge in [-0.2, -0.15) is 0 Å². The number of carbonyl (C=O) groups is 1. The monoisotopic (exact) mass is 322 g/mol. The number of nitrogens with two attached hydrogens (primary N) is 1. The molecule has 0 aromatic heterocycles. The van der Waals surface area contributed by atoms with Gasteiger partial charge in [-0.15, -0.1) is 0 Å². The number of halogens is 2. The molecule has 3 nitrogen and oxygen atoms in total. The number of benzene rings is 2. The molecule has 0 saturated carbocycles. The van der Waals surface area contributed by atoms with Crippen molar-refractivity contribution in [2.24, 2.45) is 0 Å². The molecule has 0 heterocycles. The van der Waals surface area contributed by atoms with Gasteiger partial charge in [-0.05, 0) is 42.5 Å². The van der Waals surface area contributed by atoms with Gasteiger partial charge in [0.1, 0.15) is 5.82 Å². The second-order valence-electron chi connectivity index (χ2n) is 4.04. The van der Waals surface area contributed by atoms with Gasteiger partial charge in [0.15, 0.2) is 0 Å². The first-order valence-corrected chi connectivity index (χ1v) is 6.43. The van der Waals surface area contributed by atoms with Crippen LogP contribution in [0.2, 0.25) is 0 Å². The molecule has 0 fully saturated rings. The van der Waals surface area contributed by atoms with Gasteiger partial charge >= 0.3 is 0 Å². The van der Waals surface area contributed by atoms with Crippen LogP contribution in [-0.4, -0.2) is 5.91 Å². The second kappa shape index (κ2) is 5.84. The summed E-state index contributed by atoms with van der Waals surface area (Å²) < 4.78 is 14.3. The van der Waals surface area contributed by atoms with Crippen molar-refractivity contribution in [1.82, 2.24) is 5.32 Å². The fraction of sp³-hybridized carbons (Fsp3) is 0.0714. The number of amides is 1. The summed E-state index contributed by atoms with van der Waals surface area (Å²) in [5, 5.41) is 2.66. The largest absolute Gasteiger partial charge is 0.399 e. The Bertz CT molecular complexity index is 599. The van der Waals surface area contributed by atoms with E-state index in [1.165, 1.54) is 6.07 Å². The highest BCUT2D eigenvalue weighted by atomic mass is 79.9. The van der Waals surface area contributed by atoms with Gasteiger partial charge in [0.25, 0.3) is 5.91 Å². The molecule has 0 aliphatic carbocycles. The Morgan fingerprint density at radius 2 is 1.89 bits per heavy atom. The average Bonchev–Trinajstić information content (AvgIpc) is 2.40. The number of carbonyl (C=O) groups excluding carboxylic acids is 1. The first kappa shape index (κ1) is 13.5. The molecule has 2 aromatic rings. The normalized spacial score (nSPS) is 10.2. The lowest BCUT2D eigenvalue weighted by Crippen LogP contribution is -2.23. The lowest BCUT2D eigenvalue weighted by atomic mass is 10.1. The summed E-state index contributed by atoms with van der Waals surface area (Å²) in [5.41, 5.74) is 7.05. The highest BCUT2D eigenvalue weighted by Crippen LogP contribution is 2.15. The van der Waals surface area contributed by atoms with E-state index < -0.39 is 0 Å². The zero-order valence-electron chi connectivity index (χ0n) is 9.99. The lowest BCUT2D eigenvalue weighted by molar-refractivity contribution is 0.0950. The molecule has 0 saturated heterocycles. The number of rotatable bonds is 3. The average molecular weight is 323 g/mol. The molecule has 3 N–H and O–H groups in total. The summed E-state index contributed by atoms with van der Waals surface area (Å²) in [4.78, 5) is 11.8. The van der Waals surface area contributed by atoms with Crippen LogP contribution in [0.3, 0.4) is 0 Å². The predicted molar refractivity (Wildman–Crippen MR) is 76.1 cm³/mol. The maximum Gasteiger partial charge on any atom is 0.251 e. The standard InChI is InChI=1S/C14H12BrFN2O/c15-11-3-6-13(16)10(7-11)8-18-14(19)9-1-4-12(17)5-2-9/h1-7H,8,17H2,(H,18,19). The minimum atomic E-state index is -0.346. The van der Waals surface area contributed by atoms with Gasteiger partial charge in [-0.25, -0.2) is 4.39 Å². The van der Waals surface area contributed by atoms with Crippen LogP contribution in [0.5, 0.6) is 0 Å². The number of anilines is 1. The lowest BCUT2D eigenvalue weighted by Gasteiger charge is -2.07. The first-order chi connectivity index (χ1) is 9.06. The third-order valence-corrected chi connectivity index (χ3v) is 3.11. The number of nitrogen functional groups attached to an aromatic ring is 1. The Morgan fingerprint density at radius 1 is 1.21 bits per heavy atom. The fourth-order valence-corrected chi connectivity index (χ4v) is 2.00. The molecular weight excluding hydrogens is 311 g/mol. The van der Waals surface area contributed by atoms with E-state index in [1.807, 2.05) is 0 Å². The Morgan fingerprint density at radius 3 is 2.58 bits per heavy atom. The van der Waals surface area contributed by atoms with E-state index in [0.29, 0.717) is 16.8 Å². The molecule has 2 aromatic carbocycles. The van der Waals surface area contributed by atoms with Crippen LogP contribution in [0.4, 0.5) is 10.1 Å². The third-order valence-electron chi connectivity index (χ3n) is 2.62. The van der Waals surface area contributed by atoms with E-state index in [1.54, 1.807) is 36.4 Å². The zero-order chi connectivity index (χ0) is 13.8. The maximum atomic E-state index is 13.5. The molecule has 0 radical (unpaired) electrons. The number of nitrogens with one attached hydrogen (secondary N) is 1. The minimum Gasteiger partial charge on any atom is -0.399 e. The second-order valence-corrected chi connectivity index (χ2v) is 4.96. The molecule has 0 unspecified atom stereocenters. The van der Waals surface area contributed by atoms with Crippen molar-refractivity contribution in [3.05, 3.63) is 63.9 Å². The van der Waals surface area contributed by atoms with Gasteiger partial charge in [0, 0.05) is 27.8 Å². The summed E-state index contributed by atoms with van der Waals surface area (Å²) in [6.07, 6.45) is 0. The molecular formula is C14H12BrFN2O. The van der Waals surface area contributed by atoms with Crippen LogP contribution in [0.15, 0.2) is 46.9 Å². The van der Waals surface area contributed by atoms with Gasteiger partial charge in [-0.3, -0.25) is 4.79 Å². The van der Waals surface area contributed by atoms with Crippen molar-refractivity contribution >= 4 is 27.5 Å². The molecule has 1 amide bonds. The van der Waals surface area contributed by atoms with Crippen molar-refractivity contribution in [3.63, 3.8) is 0 Å². The highest BCUT2D eigenvalue weighted by molar-refractivity contribution is 9.10. The van der Waals surface area contributed by atoms with Gasteiger partial charge < -0.3 is 11.1 Å². The van der Waals surface area contributed by atoms with Gasteiger partial charge in [0.05, 0.1) is 0 Å². The molecule has 0 spiro atoms.